The lowest BCUT2D eigenvalue weighted by atomic mass is 10.1. The van der Waals surface area contributed by atoms with Crippen molar-refractivity contribution in [2.24, 2.45) is 0 Å². The number of hydrogen-bond donors (Lipinski definition) is 3. The number of anilines is 2. The number of nitrogens with two attached hydrogens (primary N) is 2. The van der Waals surface area contributed by atoms with E-state index in [1.165, 1.54) is 12.1 Å². The third-order valence-electron chi connectivity index (χ3n) is 2.21. The second-order valence-electron chi connectivity index (χ2n) is 3.35. The molecule has 2 aromatic rings. The summed E-state index contributed by atoms with van der Waals surface area (Å²) in [5, 5.41) is 18.2. The Morgan fingerprint density at radius 3 is 2.35 bits per heavy atom. The van der Waals surface area contributed by atoms with E-state index >= 15 is 0 Å². The van der Waals surface area contributed by atoms with Gasteiger partial charge in [-0.25, -0.2) is 4.98 Å². The molecule has 1 aromatic carbocycles. The number of nitrogen functional groups attached to an aromatic ring is 2. The summed E-state index contributed by atoms with van der Waals surface area (Å²) in [6.07, 6.45) is 0. The Labute approximate surface area is 97.2 Å². The fraction of sp³-hybridized carbons (Fsp3) is 0. The summed E-state index contributed by atoms with van der Waals surface area (Å²) in [6.45, 7) is 0. The zero-order valence-corrected chi connectivity index (χ0v) is 8.75. The lowest BCUT2D eigenvalue weighted by Crippen LogP contribution is -2.04. The van der Waals surface area contributed by atoms with Crippen molar-refractivity contribution < 1.29 is 5.11 Å². The van der Waals surface area contributed by atoms with Crippen LogP contribution in [0.1, 0.15) is 5.56 Å². The number of nitriles is 1. The SMILES string of the molecule is N#Cc1c(N)nc(N)nc1-c1ccc(O)cc1. The predicted molar refractivity (Wildman–Crippen MR) is 62.7 cm³/mol. The van der Waals surface area contributed by atoms with Gasteiger partial charge in [0.15, 0.2) is 0 Å². The zero-order chi connectivity index (χ0) is 12.4. The largest absolute Gasteiger partial charge is 0.508 e. The lowest BCUT2D eigenvalue weighted by Gasteiger charge is -2.06. The van der Waals surface area contributed by atoms with Gasteiger partial charge in [0, 0.05) is 5.56 Å². The van der Waals surface area contributed by atoms with E-state index in [4.69, 9.17) is 16.7 Å². The number of aromatic hydroxyl groups is 1. The molecule has 0 saturated carbocycles. The van der Waals surface area contributed by atoms with Gasteiger partial charge in [0.1, 0.15) is 23.2 Å². The van der Waals surface area contributed by atoms with Crippen LogP contribution in [-0.2, 0) is 0 Å². The van der Waals surface area contributed by atoms with Gasteiger partial charge >= 0.3 is 0 Å². The average Bonchev–Trinajstić information content (AvgIpc) is 2.29. The Hall–Kier alpha value is -2.81. The number of rotatable bonds is 1. The van der Waals surface area contributed by atoms with Crippen LogP contribution < -0.4 is 11.5 Å². The highest BCUT2D eigenvalue weighted by atomic mass is 16.3. The first-order valence-corrected chi connectivity index (χ1v) is 4.74. The number of hydrogen-bond acceptors (Lipinski definition) is 6. The standard InChI is InChI=1S/C11H9N5O/c12-5-8-9(15-11(14)16-10(8)13)6-1-3-7(17)4-2-6/h1-4,17H,(H4,13,14,15,16). The fourth-order valence-corrected chi connectivity index (χ4v) is 1.43. The highest BCUT2D eigenvalue weighted by Gasteiger charge is 2.12. The minimum absolute atomic E-state index is 0.00424. The molecule has 0 spiro atoms. The van der Waals surface area contributed by atoms with Crippen molar-refractivity contribution in [3.63, 3.8) is 0 Å². The molecule has 6 heteroatoms. The first-order chi connectivity index (χ1) is 8.11. The van der Waals surface area contributed by atoms with Crippen LogP contribution in [0.15, 0.2) is 24.3 Å². The summed E-state index contributed by atoms with van der Waals surface area (Å²) < 4.78 is 0. The van der Waals surface area contributed by atoms with Gasteiger partial charge in [-0.3, -0.25) is 0 Å². The normalized spacial score (nSPS) is 9.82. The first kappa shape index (κ1) is 10.7. The van der Waals surface area contributed by atoms with Gasteiger partial charge in [0.05, 0.1) is 5.69 Å². The van der Waals surface area contributed by atoms with Crippen molar-refractivity contribution in [1.29, 1.82) is 5.26 Å². The van der Waals surface area contributed by atoms with E-state index in [0.717, 1.165) is 0 Å². The summed E-state index contributed by atoms with van der Waals surface area (Å²) in [7, 11) is 0. The zero-order valence-electron chi connectivity index (χ0n) is 8.75. The molecule has 84 valence electrons. The van der Waals surface area contributed by atoms with E-state index in [2.05, 4.69) is 9.97 Å². The van der Waals surface area contributed by atoms with Crippen LogP contribution in [0.25, 0.3) is 11.3 Å². The Balaban J connectivity index is 2.66. The predicted octanol–water partition coefficient (Wildman–Crippen LogP) is 0.885. The van der Waals surface area contributed by atoms with Crippen LogP contribution in [0.3, 0.4) is 0 Å². The van der Waals surface area contributed by atoms with Gasteiger partial charge in [-0.2, -0.15) is 10.2 Å². The van der Waals surface area contributed by atoms with Crippen molar-refractivity contribution in [3.05, 3.63) is 29.8 Å². The molecule has 0 bridgehead atoms. The van der Waals surface area contributed by atoms with Gasteiger partial charge < -0.3 is 16.6 Å². The van der Waals surface area contributed by atoms with Crippen molar-refractivity contribution in [2.75, 3.05) is 11.5 Å². The number of aromatic nitrogens is 2. The van der Waals surface area contributed by atoms with Crippen molar-refractivity contribution in [3.8, 4) is 23.1 Å². The second kappa shape index (κ2) is 3.98. The lowest BCUT2D eigenvalue weighted by molar-refractivity contribution is 0.475. The van der Waals surface area contributed by atoms with E-state index < -0.39 is 0 Å². The van der Waals surface area contributed by atoms with Crippen LogP contribution in [0, 0.1) is 11.3 Å². The molecule has 1 heterocycles. The maximum absolute atomic E-state index is 9.19. The van der Waals surface area contributed by atoms with Crippen LogP contribution in [0.2, 0.25) is 0 Å². The van der Waals surface area contributed by atoms with Gasteiger partial charge in [-0.05, 0) is 24.3 Å². The molecule has 0 aliphatic rings. The molecule has 0 amide bonds. The Kier molecular flexibility index (Phi) is 2.51. The molecule has 0 radical (unpaired) electrons. The van der Waals surface area contributed by atoms with E-state index in [0.29, 0.717) is 11.3 Å². The minimum Gasteiger partial charge on any atom is -0.508 e. The first-order valence-electron chi connectivity index (χ1n) is 4.74. The van der Waals surface area contributed by atoms with Gasteiger partial charge in [-0.15, -0.1) is 0 Å². The van der Waals surface area contributed by atoms with Gasteiger partial charge in [0.25, 0.3) is 0 Å². The van der Waals surface area contributed by atoms with Crippen LogP contribution in [0.4, 0.5) is 11.8 Å². The third-order valence-corrected chi connectivity index (χ3v) is 2.21. The monoisotopic (exact) mass is 227 g/mol. The van der Waals surface area contributed by atoms with Crippen molar-refractivity contribution in [1.82, 2.24) is 9.97 Å². The van der Waals surface area contributed by atoms with E-state index in [1.54, 1.807) is 12.1 Å². The van der Waals surface area contributed by atoms with Gasteiger partial charge in [0.2, 0.25) is 5.95 Å². The molecule has 17 heavy (non-hydrogen) atoms. The highest BCUT2D eigenvalue weighted by molar-refractivity contribution is 5.73. The second-order valence-corrected chi connectivity index (χ2v) is 3.35. The van der Waals surface area contributed by atoms with Gasteiger partial charge in [-0.1, -0.05) is 0 Å². The number of benzene rings is 1. The topological polar surface area (TPSA) is 122 Å². The van der Waals surface area contributed by atoms with E-state index in [1.807, 2.05) is 6.07 Å². The fourth-order valence-electron chi connectivity index (χ4n) is 1.43. The van der Waals surface area contributed by atoms with Crippen molar-refractivity contribution >= 4 is 11.8 Å². The van der Waals surface area contributed by atoms with Crippen LogP contribution in [-0.4, -0.2) is 15.1 Å². The maximum Gasteiger partial charge on any atom is 0.222 e. The number of nitrogens with zero attached hydrogens (tertiary/aromatic N) is 3. The molecule has 1 aromatic heterocycles. The Morgan fingerprint density at radius 2 is 1.76 bits per heavy atom. The van der Waals surface area contributed by atoms with Crippen LogP contribution in [0.5, 0.6) is 5.75 Å². The molecule has 2 rings (SSSR count). The minimum atomic E-state index is 0.00424. The molecule has 0 atom stereocenters. The third kappa shape index (κ3) is 1.94. The molecular weight excluding hydrogens is 218 g/mol. The molecule has 0 saturated heterocycles. The molecular formula is C11H9N5O. The Bertz CT molecular complexity index is 600. The molecule has 0 fully saturated rings. The smallest absolute Gasteiger partial charge is 0.222 e. The number of phenolic OH excluding ortho intramolecular Hbond substituents is 1. The summed E-state index contributed by atoms with van der Waals surface area (Å²) >= 11 is 0. The summed E-state index contributed by atoms with van der Waals surface area (Å²) in [6, 6.07) is 8.16. The number of phenols is 1. The van der Waals surface area contributed by atoms with E-state index in [-0.39, 0.29) is 23.1 Å². The molecule has 6 nitrogen and oxygen atoms in total. The summed E-state index contributed by atoms with van der Waals surface area (Å²) in [5.41, 5.74) is 12.3. The van der Waals surface area contributed by atoms with E-state index in [9.17, 15) is 5.11 Å². The van der Waals surface area contributed by atoms with Crippen LogP contribution >= 0.6 is 0 Å². The quantitative estimate of drug-likeness (QED) is 0.664. The van der Waals surface area contributed by atoms with Crippen molar-refractivity contribution in [2.45, 2.75) is 0 Å². The average molecular weight is 227 g/mol. The molecule has 0 aliphatic heterocycles. The molecule has 0 aliphatic carbocycles. The molecule has 0 unspecified atom stereocenters. The Morgan fingerprint density at radius 1 is 1.12 bits per heavy atom. The summed E-state index contributed by atoms with van der Waals surface area (Å²) in [4.78, 5) is 7.71. The highest BCUT2D eigenvalue weighted by Crippen LogP contribution is 2.26. The molecule has 5 N–H and O–H groups in total. The summed E-state index contributed by atoms with van der Waals surface area (Å²) in [5.74, 6) is 0.176. The maximum atomic E-state index is 9.19.